The molecule has 152 valence electrons. The van der Waals surface area contributed by atoms with Gasteiger partial charge in [-0.3, -0.25) is 9.71 Å². The number of hydrogen-bond acceptors (Lipinski definition) is 5. The molecule has 0 atom stereocenters. The molecular weight excluding hydrogens is 405 g/mol. The molecule has 0 spiro atoms. The zero-order chi connectivity index (χ0) is 21.1. The fourth-order valence-corrected chi connectivity index (χ4v) is 3.47. The topological polar surface area (TPSA) is 84.0 Å². The number of nitrogens with zero attached hydrogens (tertiary/aromatic N) is 2. The summed E-state index contributed by atoms with van der Waals surface area (Å²) >= 11 is 0. The third-order valence-electron chi connectivity index (χ3n) is 3.98. The minimum atomic E-state index is -4.62. The molecule has 2 heterocycles. The van der Waals surface area contributed by atoms with Crippen LogP contribution in [0.15, 0.2) is 66.0 Å². The van der Waals surface area contributed by atoms with Gasteiger partial charge in [-0.25, -0.2) is 13.4 Å². The van der Waals surface area contributed by atoms with Crippen LogP contribution in [0.3, 0.4) is 0 Å². The molecule has 0 saturated carbocycles. The van der Waals surface area contributed by atoms with Crippen LogP contribution in [0.1, 0.15) is 16.7 Å². The van der Waals surface area contributed by atoms with Gasteiger partial charge in [0.2, 0.25) is 0 Å². The summed E-state index contributed by atoms with van der Waals surface area (Å²) in [7, 11) is -4.03. The summed E-state index contributed by atoms with van der Waals surface area (Å²) in [5, 5.41) is 2.80. The Morgan fingerprint density at radius 1 is 1.07 bits per heavy atom. The van der Waals surface area contributed by atoms with E-state index in [9.17, 15) is 21.6 Å². The van der Waals surface area contributed by atoms with Crippen molar-refractivity contribution in [3.05, 3.63) is 77.7 Å². The Morgan fingerprint density at radius 2 is 1.79 bits per heavy atom. The van der Waals surface area contributed by atoms with Gasteiger partial charge in [0, 0.05) is 25.1 Å². The molecule has 0 aliphatic heterocycles. The van der Waals surface area contributed by atoms with Crippen LogP contribution in [0, 0.1) is 6.92 Å². The quantitative estimate of drug-likeness (QED) is 0.622. The van der Waals surface area contributed by atoms with Crippen molar-refractivity contribution < 1.29 is 21.6 Å². The van der Waals surface area contributed by atoms with Gasteiger partial charge in [-0.2, -0.15) is 13.2 Å². The van der Waals surface area contributed by atoms with Crippen LogP contribution >= 0.6 is 0 Å². The average Bonchev–Trinajstić information content (AvgIpc) is 2.67. The SMILES string of the molecule is Cc1ccc(S(=O)(=O)Nc2ncc(C(F)(F)F)cc2NCc2cccnc2)cc1. The number of nitrogens with one attached hydrogen (secondary N) is 2. The van der Waals surface area contributed by atoms with E-state index in [1.807, 2.05) is 6.92 Å². The zero-order valence-corrected chi connectivity index (χ0v) is 16.1. The molecule has 29 heavy (non-hydrogen) atoms. The molecule has 0 fully saturated rings. The number of anilines is 2. The molecule has 2 N–H and O–H groups in total. The van der Waals surface area contributed by atoms with Gasteiger partial charge in [0.25, 0.3) is 10.0 Å². The maximum absolute atomic E-state index is 13.1. The van der Waals surface area contributed by atoms with E-state index < -0.39 is 21.8 Å². The van der Waals surface area contributed by atoms with Crippen molar-refractivity contribution in [3.8, 4) is 0 Å². The van der Waals surface area contributed by atoms with Gasteiger partial charge >= 0.3 is 6.18 Å². The second kappa shape index (κ2) is 8.08. The van der Waals surface area contributed by atoms with Gasteiger partial charge in [0.1, 0.15) is 0 Å². The van der Waals surface area contributed by atoms with E-state index in [4.69, 9.17) is 0 Å². The van der Waals surface area contributed by atoms with Crippen molar-refractivity contribution in [2.45, 2.75) is 24.5 Å². The number of benzene rings is 1. The molecule has 2 aromatic heterocycles. The maximum Gasteiger partial charge on any atom is 0.417 e. The van der Waals surface area contributed by atoms with Crippen LogP contribution < -0.4 is 10.0 Å². The predicted octanol–water partition coefficient (Wildman–Crippen LogP) is 4.22. The Balaban J connectivity index is 1.93. The van der Waals surface area contributed by atoms with Crippen molar-refractivity contribution >= 4 is 21.5 Å². The van der Waals surface area contributed by atoms with Crippen molar-refractivity contribution in [3.63, 3.8) is 0 Å². The number of rotatable bonds is 6. The summed E-state index contributed by atoms with van der Waals surface area (Å²) in [6, 6.07) is 10.3. The van der Waals surface area contributed by atoms with E-state index in [-0.39, 0.29) is 22.9 Å². The number of aryl methyl sites for hydroxylation is 1. The number of alkyl halides is 3. The van der Waals surface area contributed by atoms with E-state index >= 15 is 0 Å². The van der Waals surface area contributed by atoms with Gasteiger partial charge in [-0.1, -0.05) is 23.8 Å². The van der Waals surface area contributed by atoms with E-state index in [2.05, 4.69) is 20.0 Å². The van der Waals surface area contributed by atoms with E-state index in [1.54, 1.807) is 36.7 Å². The molecule has 0 aliphatic carbocycles. The van der Waals surface area contributed by atoms with Crippen LogP contribution in [-0.2, 0) is 22.7 Å². The second-order valence-electron chi connectivity index (χ2n) is 6.25. The van der Waals surface area contributed by atoms with Crippen LogP contribution in [0.2, 0.25) is 0 Å². The highest BCUT2D eigenvalue weighted by atomic mass is 32.2. The molecule has 0 radical (unpaired) electrons. The van der Waals surface area contributed by atoms with Gasteiger partial charge in [-0.05, 0) is 36.8 Å². The first kappa shape index (κ1) is 20.6. The Kier molecular flexibility index (Phi) is 5.73. The molecule has 0 bridgehead atoms. The average molecular weight is 422 g/mol. The fourth-order valence-electron chi connectivity index (χ4n) is 2.44. The molecular formula is C19H17F3N4O2S. The molecule has 6 nitrogen and oxygen atoms in total. The molecule has 10 heteroatoms. The zero-order valence-electron chi connectivity index (χ0n) is 15.2. The Hall–Kier alpha value is -3.14. The first-order valence-corrected chi connectivity index (χ1v) is 9.93. The standard InChI is InChI=1S/C19H17F3N4O2S/c1-13-4-6-16(7-5-13)29(27,28)26-18-17(9-15(12-25-18)19(20,21)22)24-11-14-3-2-8-23-10-14/h2-10,12,24H,11H2,1H3,(H,25,26). The summed E-state index contributed by atoms with van der Waals surface area (Å²) < 4.78 is 66.7. The lowest BCUT2D eigenvalue weighted by Gasteiger charge is -2.16. The van der Waals surface area contributed by atoms with Crippen LogP contribution in [0.4, 0.5) is 24.7 Å². The maximum atomic E-state index is 13.1. The number of sulfonamides is 1. The Labute approximate surface area is 165 Å². The fraction of sp³-hybridized carbons (Fsp3) is 0.158. The molecule has 3 aromatic rings. The highest BCUT2D eigenvalue weighted by Gasteiger charge is 2.32. The molecule has 0 aliphatic rings. The minimum Gasteiger partial charge on any atom is -0.378 e. The number of halogens is 3. The third kappa shape index (κ3) is 5.23. The van der Waals surface area contributed by atoms with Crippen molar-refractivity contribution in [1.29, 1.82) is 0 Å². The summed E-state index contributed by atoms with van der Waals surface area (Å²) in [6.45, 7) is 1.94. The van der Waals surface area contributed by atoms with Gasteiger partial charge in [0.15, 0.2) is 5.82 Å². The van der Waals surface area contributed by atoms with E-state index in [0.717, 1.165) is 11.6 Å². The number of aromatic nitrogens is 2. The Morgan fingerprint density at radius 3 is 2.41 bits per heavy atom. The summed E-state index contributed by atoms with van der Waals surface area (Å²) in [6.07, 6.45) is -0.922. The largest absolute Gasteiger partial charge is 0.417 e. The predicted molar refractivity (Wildman–Crippen MR) is 103 cm³/mol. The smallest absolute Gasteiger partial charge is 0.378 e. The summed E-state index contributed by atoms with van der Waals surface area (Å²) in [5.41, 5.74) is 0.483. The van der Waals surface area contributed by atoms with Gasteiger partial charge < -0.3 is 5.32 Å². The minimum absolute atomic E-state index is 0.0250. The number of hydrogen-bond donors (Lipinski definition) is 2. The summed E-state index contributed by atoms with van der Waals surface area (Å²) in [5.74, 6) is -0.234. The lowest BCUT2D eigenvalue weighted by atomic mass is 10.2. The van der Waals surface area contributed by atoms with Gasteiger partial charge in [0.05, 0.1) is 16.1 Å². The molecule has 0 unspecified atom stereocenters. The normalized spacial score (nSPS) is 11.9. The van der Waals surface area contributed by atoms with Crippen LogP contribution in [0.25, 0.3) is 0 Å². The van der Waals surface area contributed by atoms with E-state index in [1.165, 1.54) is 12.1 Å². The number of pyridine rings is 2. The Bertz CT molecular complexity index is 1090. The third-order valence-corrected chi connectivity index (χ3v) is 5.34. The first-order chi connectivity index (χ1) is 13.6. The lowest BCUT2D eigenvalue weighted by Crippen LogP contribution is -2.17. The van der Waals surface area contributed by atoms with Crippen LogP contribution in [0.5, 0.6) is 0 Å². The molecule has 1 aromatic carbocycles. The monoisotopic (exact) mass is 422 g/mol. The van der Waals surface area contributed by atoms with E-state index in [0.29, 0.717) is 11.8 Å². The highest BCUT2D eigenvalue weighted by Crippen LogP contribution is 2.33. The van der Waals surface area contributed by atoms with Crippen molar-refractivity contribution in [1.82, 2.24) is 9.97 Å². The van der Waals surface area contributed by atoms with Crippen LogP contribution in [-0.4, -0.2) is 18.4 Å². The molecule has 3 rings (SSSR count). The molecule has 0 saturated heterocycles. The van der Waals surface area contributed by atoms with Crippen molar-refractivity contribution in [2.24, 2.45) is 0 Å². The van der Waals surface area contributed by atoms with Crippen molar-refractivity contribution in [2.75, 3.05) is 10.0 Å². The second-order valence-corrected chi connectivity index (χ2v) is 7.93. The molecule has 0 amide bonds. The first-order valence-electron chi connectivity index (χ1n) is 8.45. The summed E-state index contributed by atoms with van der Waals surface area (Å²) in [4.78, 5) is 7.61. The van der Waals surface area contributed by atoms with Gasteiger partial charge in [-0.15, -0.1) is 0 Å². The lowest BCUT2D eigenvalue weighted by molar-refractivity contribution is -0.137. The highest BCUT2D eigenvalue weighted by molar-refractivity contribution is 7.92.